The molecule has 0 aliphatic carbocycles. The largest absolute Gasteiger partial charge is 0.263 e. The highest BCUT2D eigenvalue weighted by atomic mass is 32.1. The van der Waals surface area contributed by atoms with Crippen molar-refractivity contribution in [3.63, 3.8) is 0 Å². The van der Waals surface area contributed by atoms with Gasteiger partial charge in [-0.15, -0.1) is 11.3 Å². The van der Waals surface area contributed by atoms with Gasteiger partial charge in [0.05, 0.1) is 9.88 Å². The molecule has 2 rings (SSSR count). The van der Waals surface area contributed by atoms with Crippen molar-refractivity contribution in [1.29, 1.82) is 0 Å². The average molecular weight is 208 g/mol. The molecule has 0 spiro atoms. The average Bonchev–Trinajstić information content (AvgIpc) is 2.74. The van der Waals surface area contributed by atoms with E-state index in [1.807, 2.05) is 13.1 Å². The highest BCUT2D eigenvalue weighted by Gasteiger charge is 2.07. The molecule has 14 heavy (non-hydrogen) atoms. The number of hydrogen-bond donors (Lipinski definition) is 1. The van der Waals surface area contributed by atoms with E-state index in [-0.39, 0.29) is 0 Å². The number of hydrogen-bond acceptors (Lipinski definition) is 4. The molecule has 0 aliphatic rings. The van der Waals surface area contributed by atoms with Gasteiger partial charge in [-0.2, -0.15) is 5.10 Å². The fourth-order valence-corrected chi connectivity index (χ4v) is 1.93. The van der Waals surface area contributed by atoms with E-state index in [0.717, 1.165) is 34.4 Å². The third kappa shape index (κ3) is 1.82. The Labute approximate surface area is 86.4 Å². The molecule has 0 radical (unpaired) electrons. The number of aromatic amines is 1. The Morgan fingerprint density at radius 3 is 3.00 bits per heavy atom. The van der Waals surface area contributed by atoms with Gasteiger partial charge >= 0.3 is 0 Å². The minimum atomic E-state index is 0.763. The first-order chi connectivity index (χ1) is 6.79. The molecule has 5 heteroatoms. The van der Waals surface area contributed by atoms with E-state index in [4.69, 9.17) is 0 Å². The molecule has 0 bridgehead atoms. The van der Waals surface area contributed by atoms with Gasteiger partial charge in [-0.05, 0) is 13.3 Å². The summed E-state index contributed by atoms with van der Waals surface area (Å²) in [6.45, 7) is 4.10. The summed E-state index contributed by atoms with van der Waals surface area (Å²) in [6, 6.07) is 0. The van der Waals surface area contributed by atoms with Crippen LogP contribution in [0.15, 0.2) is 6.20 Å². The Balaban J connectivity index is 2.24. The molecular formula is C9H12N4S. The maximum atomic E-state index is 4.39. The molecule has 0 saturated carbocycles. The van der Waals surface area contributed by atoms with E-state index in [9.17, 15) is 0 Å². The van der Waals surface area contributed by atoms with Crippen LogP contribution in [0.3, 0.4) is 0 Å². The molecule has 4 nitrogen and oxygen atoms in total. The number of rotatable bonds is 3. The minimum absolute atomic E-state index is 0.763. The Morgan fingerprint density at radius 1 is 1.50 bits per heavy atom. The third-order valence-electron chi connectivity index (χ3n) is 1.86. The van der Waals surface area contributed by atoms with Gasteiger partial charge in [0.15, 0.2) is 5.82 Å². The van der Waals surface area contributed by atoms with Crippen LogP contribution in [0.1, 0.15) is 24.2 Å². The fraction of sp³-hybridized carbons (Fsp3) is 0.444. The topological polar surface area (TPSA) is 54.5 Å². The molecule has 0 fully saturated rings. The van der Waals surface area contributed by atoms with Crippen LogP contribution in [-0.4, -0.2) is 20.2 Å². The third-order valence-corrected chi connectivity index (χ3v) is 2.77. The lowest BCUT2D eigenvalue weighted by Crippen LogP contribution is -1.84. The molecule has 0 aliphatic heterocycles. The number of aromatic nitrogens is 4. The lowest BCUT2D eigenvalue weighted by Gasteiger charge is -1.86. The SMILES string of the molecule is CCCc1nc(-c2cnc(C)s2)n[nH]1. The lowest BCUT2D eigenvalue weighted by molar-refractivity contribution is 0.841. The summed E-state index contributed by atoms with van der Waals surface area (Å²) in [5, 5.41) is 8.13. The molecular weight excluding hydrogens is 196 g/mol. The van der Waals surface area contributed by atoms with Crippen LogP contribution in [0.2, 0.25) is 0 Å². The first-order valence-corrected chi connectivity index (χ1v) is 5.45. The van der Waals surface area contributed by atoms with Crippen molar-refractivity contribution in [3.05, 3.63) is 17.0 Å². The highest BCUT2D eigenvalue weighted by Crippen LogP contribution is 2.21. The van der Waals surface area contributed by atoms with Crippen LogP contribution in [-0.2, 0) is 6.42 Å². The smallest absolute Gasteiger partial charge is 0.192 e. The molecule has 0 aromatic carbocycles. The van der Waals surface area contributed by atoms with Crippen molar-refractivity contribution < 1.29 is 0 Å². The monoisotopic (exact) mass is 208 g/mol. The molecule has 2 aromatic rings. The zero-order valence-electron chi connectivity index (χ0n) is 8.24. The molecule has 0 atom stereocenters. The van der Waals surface area contributed by atoms with Gasteiger partial charge in [-0.1, -0.05) is 6.92 Å². The predicted molar refractivity (Wildman–Crippen MR) is 56.2 cm³/mol. The van der Waals surface area contributed by atoms with Crippen molar-refractivity contribution in [3.8, 4) is 10.7 Å². The van der Waals surface area contributed by atoms with E-state index >= 15 is 0 Å². The summed E-state index contributed by atoms with van der Waals surface area (Å²) in [5.74, 6) is 1.72. The Kier molecular flexibility index (Phi) is 2.58. The molecule has 2 heterocycles. The quantitative estimate of drug-likeness (QED) is 0.841. The van der Waals surface area contributed by atoms with Gasteiger partial charge in [0.25, 0.3) is 0 Å². The molecule has 1 N–H and O–H groups in total. The van der Waals surface area contributed by atoms with E-state index in [1.165, 1.54) is 0 Å². The van der Waals surface area contributed by atoms with Gasteiger partial charge in [-0.3, -0.25) is 5.10 Å². The van der Waals surface area contributed by atoms with Gasteiger partial charge in [0.2, 0.25) is 0 Å². The van der Waals surface area contributed by atoms with Crippen molar-refractivity contribution in [2.45, 2.75) is 26.7 Å². The molecule has 0 amide bonds. The highest BCUT2D eigenvalue weighted by molar-refractivity contribution is 7.14. The van der Waals surface area contributed by atoms with Crippen molar-refractivity contribution >= 4 is 11.3 Å². The number of thiazole rings is 1. The maximum Gasteiger partial charge on any atom is 0.192 e. The predicted octanol–water partition coefficient (Wildman–Crippen LogP) is 2.19. The summed E-state index contributed by atoms with van der Waals surface area (Å²) in [5.41, 5.74) is 0. The Morgan fingerprint density at radius 2 is 2.36 bits per heavy atom. The molecule has 74 valence electrons. The van der Waals surface area contributed by atoms with Gasteiger partial charge in [0.1, 0.15) is 5.82 Å². The first kappa shape index (κ1) is 9.33. The molecule has 2 aromatic heterocycles. The standard InChI is InChI=1S/C9H12N4S/c1-3-4-8-11-9(13-12-8)7-5-10-6(2)14-7/h5H,3-4H2,1-2H3,(H,11,12,13). The number of H-pyrrole nitrogens is 1. The summed E-state index contributed by atoms with van der Waals surface area (Å²) >= 11 is 1.62. The molecule has 0 saturated heterocycles. The second-order valence-electron chi connectivity index (χ2n) is 3.10. The number of aryl methyl sites for hydroxylation is 2. The zero-order valence-corrected chi connectivity index (χ0v) is 9.06. The van der Waals surface area contributed by atoms with Crippen LogP contribution in [0.4, 0.5) is 0 Å². The fourth-order valence-electron chi connectivity index (χ4n) is 1.22. The number of nitrogens with zero attached hydrogens (tertiary/aromatic N) is 3. The van der Waals surface area contributed by atoms with E-state index in [1.54, 1.807) is 11.3 Å². The van der Waals surface area contributed by atoms with Crippen molar-refractivity contribution in [1.82, 2.24) is 20.2 Å². The second kappa shape index (κ2) is 3.88. The van der Waals surface area contributed by atoms with Gasteiger partial charge < -0.3 is 0 Å². The molecule has 0 unspecified atom stereocenters. The van der Waals surface area contributed by atoms with Crippen LogP contribution in [0.5, 0.6) is 0 Å². The van der Waals surface area contributed by atoms with E-state index in [0.29, 0.717) is 0 Å². The van der Waals surface area contributed by atoms with Gasteiger partial charge in [0, 0.05) is 12.6 Å². The maximum absolute atomic E-state index is 4.39. The minimum Gasteiger partial charge on any atom is -0.263 e. The van der Waals surface area contributed by atoms with Crippen molar-refractivity contribution in [2.24, 2.45) is 0 Å². The summed E-state index contributed by atoms with van der Waals surface area (Å²) < 4.78 is 0. The summed E-state index contributed by atoms with van der Waals surface area (Å²) in [4.78, 5) is 9.59. The van der Waals surface area contributed by atoms with E-state index in [2.05, 4.69) is 27.1 Å². The summed E-state index contributed by atoms with van der Waals surface area (Å²) in [6.07, 6.45) is 3.85. The first-order valence-electron chi connectivity index (χ1n) is 4.63. The van der Waals surface area contributed by atoms with Crippen LogP contribution >= 0.6 is 11.3 Å². The van der Waals surface area contributed by atoms with Crippen LogP contribution < -0.4 is 0 Å². The Bertz CT molecular complexity index is 418. The number of nitrogens with one attached hydrogen (secondary N) is 1. The normalized spacial score (nSPS) is 10.7. The van der Waals surface area contributed by atoms with Gasteiger partial charge in [-0.25, -0.2) is 9.97 Å². The summed E-state index contributed by atoms with van der Waals surface area (Å²) in [7, 11) is 0. The van der Waals surface area contributed by atoms with E-state index < -0.39 is 0 Å². The Hall–Kier alpha value is -1.23. The van der Waals surface area contributed by atoms with Crippen molar-refractivity contribution in [2.75, 3.05) is 0 Å². The van der Waals surface area contributed by atoms with Crippen LogP contribution in [0, 0.1) is 6.92 Å². The second-order valence-corrected chi connectivity index (χ2v) is 4.33. The zero-order chi connectivity index (χ0) is 9.97. The lowest BCUT2D eigenvalue weighted by atomic mass is 10.3. The van der Waals surface area contributed by atoms with Crippen LogP contribution in [0.25, 0.3) is 10.7 Å².